The van der Waals surface area contributed by atoms with Gasteiger partial charge in [-0.2, -0.15) is 0 Å². The van der Waals surface area contributed by atoms with E-state index in [1.807, 2.05) is 54.6 Å². The van der Waals surface area contributed by atoms with Crippen LogP contribution in [0.25, 0.3) is 0 Å². The first-order valence-corrected chi connectivity index (χ1v) is 5.98. The van der Waals surface area contributed by atoms with Gasteiger partial charge in [-0.05, 0) is 24.3 Å². The molecule has 3 rings (SSSR count). The molecule has 0 bridgehead atoms. The fourth-order valence-corrected chi connectivity index (χ4v) is 1.67. The molecule has 1 aromatic heterocycles. The maximum Gasteiger partial charge on any atom is 0.321 e. The Hall–Kier alpha value is -3.02. The molecule has 0 saturated heterocycles. The number of hydrogen-bond donors (Lipinski definition) is 2. The number of nitrogens with zero attached hydrogens (tertiary/aromatic N) is 2. The van der Waals surface area contributed by atoms with E-state index in [0.717, 1.165) is 11.4 Å². The van der Waals surface area contributed by atoms with Crippen LogP contribution in [0, 0.1) is 0 Å². The van der Waals surface area contributed by atoms with Gasteiger partial charge in [-0.1, -0.05) is 34.5 Å². The molecule has 100 valence electrons. The fraction of sp³-hybridized carbons (Fsp3) is 0. The average Bonchev–Trinajstić information content (AvgIpc) is 2.86. The highest BCUT2D eigenvalue weighted by molar-refractivity contribution is 5.55. The summed E-state index contributed by atoms with van der Waals surface area (Å²) in [6, 6.07) is 17.2. The molecule has 2 aromatic carbocycles. The summed E-state index contributed by atoms with van der Waals surface area (Å²) in [4.78, 5) is 0. The summed E-state index contributed by atoms with van der Waals surface area (Å²) in [7, 11) is 0. The zero-order valence-corrected chi connectivity index (χ0v) is 10.5. The summed E-state index contributed by atoms with van der Waals surface area (Å²) in [5, 5.41) is 10.3. The first-order chi connectivity index (χ1) is 9.79. The van der Waals surface area contributed by atoms with Gasteiger partial charge in [0.2, 0.25) is 0 Å². The van der Waals surface area contributed by atoms with E-state index in [0.29, 0.717) is 5.75 Å². The monoisotopic (exact) mass is 268 g/mol. The van der Waals surface area contributed by atoms with Crippen LogP contribution in [-0.2, 0) is 0 Å². The average molecular weight is 268 g/mol. The normalized spacial score (nSPS) is 10.2. The highest BCUT2D eigenvalue weighted by Gasteiger charge is 2.04. The standard InChI is InChI=1S/C14H12N4O2/c15-13-17-18-14(20-13)16-10-5-4-8-12(9-10)19-11-6-2-1-3-7-11/h1-9H,(H2,15,17)(H,16,18). The van der Waals surface area contributed by atoms with Crippen molar-refractivity contribution in [3.8, 4) is 11.5 Å². The molecule has 0 atom stereocenters. The predicted molar refractivity (Wildman–Crippen MR) is 75.0 cm³/mol. The Labute approximate surface area is 115 Å². The second-order valence-electron chi connectivity index (χ2n) is 4.01. The Balaban J connectivity index is 1.76. The first-order valence-electron chi connectivity index (χ1n) is 5.98. The number of rotatable bonds is 4. The minimum Gasteiger partial charge on any atom is -0.457 e. The van der Waals surface area contributed by atoms with Gasteiger partial charge in [0.15, 0.2) is 0 Å². The fourth-order valence-electron chi connectivity index (χ4n) is 1.67. The van der Waals surface area contributed by atoms with Gasteiger partial charge in [0.05, 0.1) is 0 Å². The van der Waals surface area contributed by atoms with E-state index in [-0.39, 0.29) is 12.0 Å². The molecule has 0 radical (unpaired) electrons. The molecule has 3 N–H and O–H groups in total. The summed E-state index contributed by atoms with van der Waals surface area (Å²) in [5.74, 6) is 1.47. The number of nitrogen functional groups attached to an aromatic ring is 1. The number of ether oxygens (including phenoxy) is 1. The van der Waals surface area contributed by atoms with Gasteiger partial charge in [0.1, 0.15) is 11.5 Å². The maximum absolute atomic E-state index is 5.73. The molecule has 1 heterocycles. The molecule has 0 aliphatic rings. The molecular formula is C14H12N4O2. The zero-order chi connectivity index (χ0) is 13.8. The van der Waals surface area contributed by atoms with Crippen LogP contribution in [0.15, 0.2) is 59.0 Å². The highest BCUT2D eigenvalue weighted by Crippen LogP contribution is 2.25. The van der Waals surface area contributed by atoms with Crippen LogP contribution >= 0.6 is 0 Å². The smallest absolute Gasteiger partial charge is 0.321 e. The summed E-state index contributed by atoms with van der Waals surface area (Å²) in [6.45, 7) is 0. The van der Waals surface area contributed by atoms with Crippen molar-refractivity contribution in [3.63, 3.8) is 0 Å². The molecule has 3 aromatic rings. The second kappa shape index (κ2) is 5.31. The Kier molecular flexibility index (Phi) is 3.20. The Bertz CT molecular complexity index is 697. The quantitative estimate of drug-likeness (QED) is 0.755. The van der Waals surface area contributed by atoms with Crippen LogP contribution in [0.3, 0.4) is 0 Å². The van der Waals surface area contributed by atoms with Gasteiger partial charge in [-0.25, -0.2) is 0 Å². The molecule has 20 heavy (non-hydrogen) atoms. The van der Waals surface area contributed by atoms with Gasteiger partial charge < -0.3 is 20.2 Å². The minimum absolute atomic E-state index is 0.0178. The topological polar surface area (TPSA) is 86.2 Å². The lowest BCUT2D eigenvalue weighted by Crippen LogP contribution is -1.91. The number of nitrogens with one attached hydrogen (secondary N) is 1. The number of para-hydroxylation sites is 1. The Morgan fingerprint density at radius 2 is 1.75 bits per heavy atom. The third-order valence-corrected chi connectivity index (χ3v) is 2.50. The van der Waals surface area contributed by atoms with Crippen LogP contribution in [-0.4, -0.2) is 10.2 Å². The van der Waals surface area contributed by atoms with Crippen LogP contribution in [0.1, 0.15) is 0 Å². The maximum atomic E-state index is 5.73. The van der Waals surface area contributed by atoms with Gasteiger partial charge in [-0.15, -0.1) is 0 Å². The first kappa shape index (κ1) is 12.0. The Morgan fingerprint density at radius 3 is 2.50 bits per heavy atom. The van der Waals surface area contributed by atoms with E-state index in [1.165, 1.54) is 0 Å². The molecule has 6 nitrogen and oxygen atoms in total. The van der Waals surface area contributed by atoms with Crippen LogP contribution in [0.2, 0.25) is 0 Å². The van der Waals surface area contributed by atoms with Crippen molar-refractivity contribution in [1.82, 2.24) is 10.2 Å². The lowest BCUT2D eigenvalue weighted by atomic mass is 10.3. The predicted octanol–water partition coefficient (Wildman–Crippen LogP) is 3.19. The van der Waals surface area contributed by atoms with Crippen molar-refractivity contribution >= 4 is 17.7 Å². The molecule has 0 unspecified atom stereocenters. The van der Waals surface area contributed by atoms with Crippen molar-refractivity contribution < 1.29 is 9.15 Å². The third kappa shape index (κ3) is 2.86. The van der Waals surface area contributed by atoms with Crippen molar-refractivity contribution in [2.75, 3.05) is 11.1 Å². The summed E-state index contributed by atoms with van der Waals surface area (Å²) in [5.41, 5.74) is 6.13. The molecule has 0 amide bonds. The summed E-state index contributed by atoms with van der Waals surface area (Å²) < 4.78 is 10.8. The van der Waals surface area contributed by atoms with Gasteiger partial charge >= 0.3 is 12.0 Å². The molecule has 0 aliphatic heterocycles. The molecule has 0 aliphatic carbocycles. The van der Waals surface area contributed by atoms with Crippen molar-refractivity contribution in [2.45, 2.75) is 0 Å². The molecule has 0 spiro atoms. The van der Waals surface area contributed by atoms with Crippen molar-refractivity contribution in [1.29, 1.82) is 0 Å². The van der Waals surface area contributed by atoms with Gasteiger partial charge in [0, 0.05) is 11.8 Å². The second-order valence-corrected chi connectivity index (χ2v) is 4.01. The van der Waals surface area contributed by atoms with Crippen LogP contribution < -0.4 is 15.8 Å². The summed E-state index contributed by atoms with van der Waals surface area (Å²) in [6.07, 6.45) is 0. The van der Waals surface area contributed by atoms with Crippen molar-refractivity contribution in [3.05, 3.63) is 54.6 Å². The number of benzene rings is 2. The zero-order valence-electron chi connectivity index (χ0n) is 10.5. The van der Waals surface area contributed by atoms with E-state index in [4.69, 9.17) is 14.9 Å². The van der Waals surface area contributed by atoms with Crippen LogP contribution in [0.5, 0.6) is 11.5 Å². The molecule has 0 fully saturated rings. The van der Waals surface area contributed by atoms with E-state index in [1.54, 1.807) is 0 Å². The van der Waals surface area contributed by atoms with E-state index < -0.39 is 0 Å². The van der Waals surface area contributed by atoms with E-state index in [2.05, 4.69) is 15.5 Å². The van der Waals surface area contributed by atoms with Gasteiger partial charge in [0.25, 0.3) is 0 Å². The minimum atomic E-state index is 0.0178. The summed E-state index contributed by atoms with van der Waals surface area (Å²) >= 11 is 0. The van der Waals surface area contributed by atoms with E-state index in [9.17, 15) is 0 Å². The number of nitrogens with two attached hydrogens (primary N) is 1. The lowest BCUT2D eigenvalue weighted by Gasteiger charge is -2.07. The number of hydrogen-bond acceptors (Lipinski definition) is 6. The molecule has 0 saturated carbocycles. The molecular weight excluding hydrogens is 256 g/mol. The highest BCUT2D eigenvalue weighted by atomic mass is 16.5. The van der Waals surface area contributed by atoms with Crippen molar-refractivity contribution in [2.24, 2.45) is 0 Å². The Morgan fingerprint density at radius 1 is 0.950 bits per heavy atom. The largest absolute Gasteiger partial charge is 0.457 e. The number of anilines is 3. The SMILES string of the molecule is Nc1nnc(Nc2cccc(Oc3ccccc3)c2)o1. The van der Waals surface area contributed by atoms with Gasteiger partial charge in [-0.3, -0.25) is 0 Å². The van der Waals surface area contributed by atoms with Crippen LogP contribution in [0.4, 0.5) is 17.7 Å². The third-order valence-electron chi connectivity index (χ3n) is 2.50. The number of aromatic nitrogens is 2. The van der Waals surface area contributed by atoms with E-state index >= 15 is 0 Å². The lowest BCUT2D eigenvalue weighted by molar-refractivity contribution is 0.483. The molecule has 6 heteroatoms.